The fraction of sp³-hybridized carbons (Fsp3) is 0.421. The minimum absolute atomic E-state index is 0.264. The number of aryl methyl sites for hydroxylation is 2. The van der Waals surface area contributed by atoms with E-state index in [1.165, 1.54) is 0 Å². The molecule has 0 spiro atoms. The lowest BCUT2D eigenvalue weighted by Gasteiger charge is -2.30. The van der Waals surface area contributed by atoms with Crippen LogP contribution in [0.1, 0.15) is 43.5 Å². The number of rotatable bonds is 4. The van der Waals surface area contributed by atoms with Crippen molar-refractivity contribution in [3.05, 3.63) is 45.1 Å². The Labute approximate surface area is 163 Å². The Morgan fingerprint density at radius 1 is 1.27 bits per heavy atom. The van der Waals surface area contributed by atoms with Crippen molar-refractivity contribution >= 4 is 40.7 Å². The number of aromatic nitrogens is 2. The van der Waals surface area contributed by atoms with E-state index in [1.807, 2.05) is 33.0 Å². The van der Waals surface area contributed by atoms with E-state index < -0.39 is 5.92 Å². The van der Waals surface area contributed by atoms with Crippen molar-refractivity contribution < 1.29 is 9.53 Å². The normalized spacial score (nSPS) is 19.1. The molecule has 0 saturated heterocycles. The zero-order valence-corrected chi connectivity index (χ0v) is 16.7. The summed E-state index contributed by atoms with van der Waals surface area (Å²) in [6, 6.07) is 5.47. The summed E-state index contributed by atoms with van der Waals surface area (Å²) in [4.78, 5) is 17.4. The number of carbonyl (C=O) groups excluding carboxylic acids is 1. The third kappa shape index (κ3) is 3.14. The summed E-state index contributed by atoms with van der Waals surface area (Å²) in [5, 5.41) is 5.53. The third-order valence-corrected chi connectivity index (χ3v) is 5.42. The Morgan fingerprint density at radius 2 is 2.00 bits per heavy atom. The fourth-order valence-corrected chi connectivity index (χ4v) is 3.85. The largest absolute Gasteiger partial charge is 0.465 e. The third-order valence-electron chi connectivity index (χ3n) is 4.68. The number of benzene rings is 1. The number of esters is 1. The first-order valence-corrected chi connectivity index (χ1v) is 9.37. The maximum Gasteiger partial charge on any atom is 0.315 e. The van der Waals surface area contributed by atoms with Gasteiger partial charge in [0.15, 0.2) is 5.82 Å². The molecule has 2 atom stereocenters. The summed E-state index contributed by atoms with van der Waals surface area (Å²) in [5.41, 5.74) is 3.48. The smallest absolute Gasteiger partial charge is 0.315 e. The Hall–Kier alpha value is -1.85. The quantitative estimate of drug-likeness (QED) is 0.706. The molecule has 0 N–H and O–H groups in total. The molecule has 0 radical (unpaired) electrons. The second-order valence-electron chi connectivity index (χ2n) is 6.30. The highest BCUT2D eigenvalue weighted by atomic mass is 35.5. The lowest BCUT2D eigenvalue weighted by Crippen LogP contribution is -2.33. The van der Waals surface area contributed by atoms with Gasteiger partial charge in [0, 0.05) is 24.2 Å². The standard InChI is InChI=1S/C19H21Cl2N3O2/c1-5-14-17-16(11-7-8-12(20)13(21)9-11)15(19(25)26-6-2)10(3)22-18(17)24(4)23-14/h7-9,15-16H,5-6H2,1-4H3. The lowest BCUT2D eigenvalue weighted by atomic mass is 9.76. The summed E-state index contributed by atoms with van der Waals surface area (Å²) >= 11 is 12.4. The Bertz CT molecular complexity index is 889. The molecule has 1 aromatic carbocycles. The number of hydrogen-bond acceptors (Lipinski definition) is 4. The molecule has 1 aliphatic heterocycles. The SMILES string of the molecule is CCOC(=O)C1C(C)=Nc2c(c(CC)nn2C)C1c1ccc(Cl)c(Cl)c1. The maximum atomic E-state index is 12.8. The molecular formula is C19H21Cl2N3O2. The zero-order chi connectivity index (χ0) is 19.0. The van der Waals surface area contributed by atoms with Crippen LogP contribution in [-0.2, 0) is 23.0 Å². The van der Waals surface area contributed by atoms with Crippen molar-refractivity contribution in [2.24, 2.45) is 18.0 Å². The predicted octanol–water partition coefficient (Wildman–Crippen LogP) is 4.71. The van der Waals surface area contributed by atoms with Gasteiger partial charge < -0.3 is 4.74 Å². The topological polar surface area (TPSA) is 56.5 Å². The summed E-state index contributed by atoms with van der Waals surface area (Å²) in [5.74, 6) is -0.300. The lowest BCUT2D eigenvalue weighted by molar-refractivity contribution is -0.146. The van der Waals surface area contributed by atoms with E-state index in [0.717, 1.165) is 29.1 Å². The summed E-state index contributed by atoms with van der Waals surface area (Å²) in [7, 11) is 1.87. The highest BCUT2D eigenvalue weighted by Crippen LogP contribution is 2.45. The summed E-state index contributed by atoms with van der Waals surface area (Å²) in [6.07, 6.45) is 0.741. The van der Waals surface area contributed by atoms with Crippen molar-refractivity contribution in [2.45, 2.75) is 33.1 Å². The fourth-order valence-electron chi connectivity index (χ4n) is 3.55. The molecule has 0 fully saturated rings. The molecule has 26 heavy (non-hydrogen) atoms. The van der Waals surface area contributed by atoms with E-state index in [9.17, 15) is 4.79 Å². The van der Waals surface area contributed by atoms with Gasteiger partial charge in [-0.3, -0.25) is 9.48 Å². The average molecular weight is 394 g/mol. The molecule has 0 amide bonds. The highest BCUT2D eigenvalue weighted by molar-refractivity contribution is 6.42. The first kappa shape index (κ1) is 18.9. The molecular weight excluding hydrogens is 373 g/mol. The highest BCUT2D eigenvalue weighted by Gasteiger charge is 2.41. The number of halogens is 2. The van der Waals surface area contributed by atoms with Crippen LogP contribution in [0.5, 0.6) is 0 Å². The van der Waals surface area contributed by atoms with Crippen LogP contribution in [0.2, 0.25) is 10.0 Å². The molecule has 5 nitrogen and oxygen atoms in total. The molecule has 7 heteroatoms. The van der Waals surface area contributed by atoms with Crippen molar-refractivity contribution in [3.63, 3.8) is 0 Å². The van der Waals surface area contributed by atoms with E-state index in [4.69, 9.17) is 27.9 Å². The molecule has 1 aromatic heterocycles. The van der Waals surface area contributed by atoms with E-state index in [2.05, 4.69) is 10.1 Å². The van der Waals surface area contributed by atoms with E-state index >= 15 is 0 Å². The van der Waals surface area contributed by atoms with Crippen molar-refractivity contribution in [1.82, 2.24) is 9.78 Å². The van der Waals surface area contributed by atoms with Gasteiger partial charge in [0.25, 0.3) is 0 Å². The van der Waals surface area contributed by atoms with Crippen LogP contribution in [0.3, 0.4) is 0 Å². The van der Waals surface area contributed by atoms with Gasteiger partial charge >= 0.3 is 5.97 Å². The average Bonchev–Trinajstić information content (AvgIpc) is 2.92. The molecule has 2 unspecified atom stereocenters. The summed E-state index contributed by atoms with van der Waals surface area (Å²) in [6.45, 7) is 6.01. The van der Waals surface area contributed by atoms with Crippen LogP contribution in [0.25, 0.3) is 0 Å². The monoisotopic (exact) mass is 393 g/mol. The van der Waals surface area contributed by atoms with Crippen molar-refractivity contribution in [3.8, 4) is 0 Å². The number of aliphatic imine (C=N–C) groups is 1. The minimum Gasteiger partial charge on any atom is -0.465 e. The van der Waals surface area contributed by atoms with Crippen molar-refractivity contribution in [1.29, 1.82) is 0 Å². The van der Waals surface area contributed by atoms with E-state index in [-0.39, 0.29) is 11.9 Å². The van der Waals surface area contributed by atoms with E-state index in [0.29, 0.717) is 22.4 Å². The molecule has 2 heterocycles. The van der Waals surface area contributed by atoms with Gasteiger partial charge in [-0.1, -0.05) is 36.2 Å². The van der Waals surface area contributed by atoms with Gasteiger partial charge in [-0.2, -0.15) is 5.10 Å². The minimum atomic E-state index is -0.519. The van der Waals surface area contributed by atoms with Crippen molar-refractivity contribution in [2.75, 3.05) is 6.61 Å². The second kappa shape index (κ2) is 7.41. The van der Waals surface area contributed by atoms with Gasteiger partial charge in [0.2, 0.25) is 0 Å². The van der Waals surface area contributed by atoms with Crippen LogP contribution < -0.4 is 0 Å². The van der Waals surface area contributed by atoms with Gasteiger partial charge in [-0.25, -0.2) is 4.99 Å². The molecule has 2 aromatic rings. The first-order valence-electron chi connectivity index (χ1n) is 8.61. The number of hydrogen-bond donors (Lipinski definition) is 0. The summed E-state index contributed by atoms with van der Waals surface area (Å²) < 4.78 is 7.11. The number of nitrogens with zero attached hydrogens (tertiary/aromatic N) is 3. The Balaban J connectivity index is 2.25. The molecule has 0 aliphatic carbocycles. The maximum absolute atomic E-state index is 12.8. The number of ether oxygens (including phenoxy) is 1. The molecule has 0 saturated carbocycles. The molecule has 1 aliphatic rings. The van der Waals surface area contributed by atoms with Crippen LogP contribution >= 0.6 is 23.2 Å². The molecule has 138 valence electrons. The Morgan fingerprint density at radius 3 is 2.62 bits per heavy atom. The van der Waals surface area contributed by atoms with E-state index in [1.54, 1.807) is 17.7 Å². The zero-order valence-electron chi connectivity index (χ0n) is 15.2. The van der Waals surface area contributed by atoms with Crippen LogP contribution in [0.4, 0.5) is 5.82 Å². The van der Waals surface area contributed by atoms with Crippen LogP contribution in [0.15, 0.2) is 23.2 Å². The van der Waals surface area contributed by atoms with Gasteiger partial charge in [0.1, 0.15) is 5.92 Å². The van der Waals surface area contributed by atoms with Crippen LogP contribution in [0, 0.1) is 5.92 Å². The van der Waals surface area contributed by atoms with Gasteiger partial charge in [0.05, 0.1) is 22.3 Å². The van der Waals surface area contributed by atoms with Gasteiger partial charge in [-0.05, 0) is 38.0 Å². The number of carbonyl (C=O) groups is 1. The van der Waals surface area contributed by atoms with Gasteiger partial charge in [-0.15, -0.1) is 0 Å². The second-order valence-corrected chi connectivity index (χ2v) is 7.11. The number of fused-ring (bicyclic) bond motifs is 1. The molecule has 3 rings (SSSR count). The predicted molar refractivity (Wildman–Crippen MR) is 104 cm³/mol. The molecule has 0 bridgehead atoms. The first-order chi connectivity index (χ1) is 12.4. The Kier molecular flexibility index (Phi) is 5.39. The van der Waals surface area contributed by atoms with Crippen LogP contribution in [-0.4, -0.2) is 28.1 Å².